The highest BCUT2D eigenvalue weighted by molar-refractivity contribution is 6.35. The Bertz CT molecular complexity index is 763. The van der Waals surface area contributed by atoms with Gasteiger partial charge in [-0.1, -0.05) is 48.5 Å². The molecule has 3 rings (SSSR count). The molecule has 0 saturated heterocycles. The van der Waals surface area contributed by atoms with Gasteiger partial charge in [0.25, 0.3) is 0 Å². The summed E-state index contributed by atoms with van der Waals surface area (Å²) in [6, 6.07) is 16.5. The van der Waals surface area contributed by atoms with Crippen LogP contribution in [0.1, 0.15) is 17.5 Å². The molecule has 0 spiro atoms. The molecule has 1 atom stereocenters. The van der Waals surface area contributed by atoms with Gasteiger partial charge in [0.1, 0.15) is 11.4 Å². The second-order valence-electron chi connectivity index (χ2n) is 5.98. The summed E-state index contributed by atoms with van der Waals surface area (Å²) in [5.74, 6) is -0.903. The first-order valence-electron chi connectivity index (χ1n) is 8.13. The fourth-order valence-electron chi connectivity index (χ4n) is 2.79. The van der Waals surface area contributed by atoms with Crippen LogP contribution in [-0.4, -0.2) is 30.1 Å². The van der Waals surface area contributed by atoms with Crippen molar-refractivity contribution in [2.75, 3.05) is 13.2 Å². The number of nitrogens with one attached hydrogen (secondary N) is 2. The molecule has 0 radical (unpaired) electrons. The lowest BCUT2D eigenvalue weighted by molar-refractivity contribution is -0.140. The fraction of sp³-hybridized carbons (Fsp3) is 0.263. The van der Waals surface area contributed by atoms with E-state index in [4.69, 9.17) is 4.74 Å². The van der Waals surface area contributed by atoms with Crippen molar-refractivity contribution >= 4 is 11.8 Å². The number of benzene rings is 2. The van der Waals surface area contributed by atoms with Gasteiger partial charge in [0, 0.05) is 18.5 Å². The van der Waals surface area contributed by atoms with Crippen LogP contribution in [0.3, 0.4) is 0 Å². The highest BCUT2D eigenvalue weighted by atomic mass is 16.5. The molecule has 3 N–H and O–H groups in total. The van der Waals surface area contributed by atoms with Crippen LogP contribution in [0.4, 0.5) is 0 Å². The van der Waals surface area contributed by atoms with Crippen molar-refractivity contribution in [1.82, 2.24) is 10.6 Å². The van der Waals surface area contributed by atoms with E-state index in [1.807, 2.05) is 36.4 Å². The van der Waals surface area contributed by atoms with Crippen LogP contribution in [0.2, 0.25) is 0 Å². The Balaban J connectivity index is 1.56. The Morgan fingerprint density at radius 1 is 1.00 bits per heavy atom. The maximum absolute atomic E-state index is 12.0. The van der Waals surface area contributed by atoms with Crippen molar-refractivity contribution in [3.05, 3.63) is 65.7 Å². The number of carbonyl (C=O) groups excluding carboxylic acids is 2. The van der Waals surface area contributed by atoms with E-state index in [1.54, 1.807) is 18.2 Å². The number of fused-ring (bicyclic) bond motifs is 1. The van der Waals surface area contributed by atoms with Gasteiger partial charge in [0.2, 0.25) is 0 Å². The molecule has 6 nitrogen and oxygen atoms in total. The number of aliphatic hydroxyl groups is 1. The number of hydrogen-bond donors (Lipinski definition) is 3. The first kappa shape index (κ1) is 17.0. The largest absolute Gasteiger partial charge is 0.493 e. The normalized spacial score (nSPS) is 18.6. The number of rotatable bonds is 4. The lowest BCUT2D eigenvalue weighted by Gasteiger charge is -2.34. The quantitative estimate of drug-likeness (QED) is 0.727. The summed E-state index contributed by atoms with van der Waals surface area (Å²) in [5, 5.41) is 15.9. The van der Waals surface area contributed by atoms with Gasteiger partial charge in [-0.2, -0.15) is 0 Å². The van der Waals surface area contributed by atoms with Gasteiger partial charge in [-0.05, 0) is 11.6 Å². The summed E-state index contributed by atoms with van der Waals surface area (Å²) in [5.41, 5.74) is 0.274. The summed E-state index contributed by atoms with van der Waals surface area (Å²) in [6.45, 7) is 0.572. The Hall–Kier alpha value is -2.86. The molecule has 1 aliphatic rings. The standard InChI is InChI=1S/C19H20N2O4/c22-17(20-12-14-6-2-1-3-7-14)18(23)21-13-19(24)10-11-25-16-9-5-4-8-15(16)19/h1-9,24H,10-13H2,(H,20,22)(H,21,23)/t19-/m0/s1. The van der Waals surface area contributed by atoms with Crippen LogP contribution in [0.25, 0.3) is 0 Å². The highest BCUT2D eigenvalue weighted by Gasteiger charge is 2.36. The SMILES string of the molecule is O=C(NCc1ccccc1)C(=O)NC[C@@]1(O)CCOc2ccccc21. The number of carbonyl (C=O) groups is 2. The molecule has 0 aliphatic carbocycles. The van der Waals surface area contributed by atoms with Crippen LogP contribution >= 0.6 is 0 Å². The molecule has 1 aliphatic heterocycles. The van der Waals surface area contributed by atoms with Gasteiger partial charge in [0.05, 0.1) is 13.2 Å². The minimum Gasteiger partial charge on any atom is -0.493 e. The molecule has 2 amide bonds. The Kier molecular flexibility index (Phi) is 5.00. The van der Waals surface area contributed by atoms with Crippen LogP contribution in [-0.2, 0) is 21.7 Å². The van der Waals surface area contributed by atoms with Crippen molar-refractivity contribution in [2.45, 2.75) is 18.6 Å². The zero-order valence-corrected chi connectivity index (χ0v) is 13.7. The Labute approximate surface area is 145 Å². The van der Waals surface area contributed by atoms with Crippen LogP contribution < -0.4 is 15.4 Å². The third-order valence-electron chi connectivity index (χ3n) is 4.21. The van der Waals surface area contributed by atoms with Gasteiger partial charge in [-0.15, -0.1) is 0 Å². The van der Waals surface area contributed by atoms with E-state index in [-0.39, 0.29) is 13.1 Å². The summed E-state index contributed by atoms with van der Waals surface area (Å²) < 4.78 is 5.51. The summed E-state index contributed by atoms with van der Waals surface area (Å²) in [7, 11) is 0. The lowest BCUT2D eigenvalue weighted by Crippen LogP contribution is -2.47. The van der Waals surface area contributed by atoms with E-state index in [0.29, 0.717) is 24.3 Å². The maximum atomic E-state index is 12.0. The summed E-state index contributed by atoms with van der Waals surface area (Å²) in [4.78, 5) is 23.9. The predicted octanol–water partition coefficient (Wildman–Crippen LogP) is 1.09. The third kappa shape index (κ3) is 3.97. The van der Waals surface area contributed by atoms with Gasteiger partial charge in [0.15, 0.2) is 0 Å². The molecule has 0 saturated carbocycles. The Morgan fingerprint density at radius 2 is 1.68 bits per heavy atom. The van der Waals surface area contributed by atoms with Crippen LogP contribution in [0, 0.1) is 0 Å². The van der Waals surface area contributed by atoms with E-state index in [9.17, 15) is 14.7 Å². The molecule has 25 heavy (non-hydrogen) atoms. The summed E-state index contributed by atoms with van der Waals surface area (Å²) >= 11 is 0. The van der Waals surface area contributed by atoms with E-state index >= 15 is 0 Å². The minimum absolute atomic E-state index is 0.0506. The molecule has 1 heterocycles. The Morgan fingerprint density at radius 3 is 2.48 bits per heavy atom. The summed E-state index contributed by atoms with van der Waals surface area (Å²) in [6.07, 6.45) is 0.343. The highest BCUT2D eigenvalue weighted by Crippen LogP contribution is 2.36. The van der Waals surface area contributed by atoms with Crippen molar-refractivity contribution in [2.24, 2.45) is 0 Å². The van der Waals surface area contributed by atoms with E-state index in [2.05, 4.69) is 10.6 Å². The first-order chi connectivity index (χ1) is 12.1. The number of ether oxygens (including phenoxy) is 1. The molecule has 2 aromatic carbocycles. The van der Waals surface area contributed by atoms with Crippen molar-refractivity contribution in [3.63, 3.8) is 0 Å². The van der Waals surface area contributed by atoms with E-state index < -0.39 is 17.4 Å². The first-order valence-corrected chi connectivity index (χ1v) is 8.13. The average Bonchev–Trinajstić information content (AvgIpc) is 2.65. The molecule has 130 valence electrons. The van der Waals surface area contributed by atoms with E-state index in [0.717, 1.165) is 5.56 Å². The molecule has 0 aromatic heterocycles. The molecular formula is C19H20N2O4. The molecule has 6 heteroatoms. The fourth-order valence-corrected chi connectivity index (χ4v) is 2.79. The average molecular weight is 340 g/mol. The maximum Gasteiger partial charge on any atom is 0.309 e. The zero-order valence-electron chi connectivity index (χ0n) is 13.7. The zero-order chi connectivity index (χ0) is 17.7. The van der Waals surface area contributed by atoms with Gasteiger partial charge >= 0.3 is 11.8 Å². The second kappa shape index (κ2) is 7.36. The minimum atomic E-state index is -1.25. The van der Waals surface area contributed by atoms with Gasteiger partial charge < -0.3 is 20.5 Å². The molecule has 0 unspecified atom stereocenters. The van der Waals surface area contributed by atoms with Crippen molar-refractivity contribution in [1.29, 1.82) is 0 Å². The molecular weight excluding hydrogens is 320 g/mol. The molecule has 0 bridgehead atoms. The number of hydrogen-bond acceptors (Lipinski definition) is 4. The third-order valence-corrected chi connectivity index (χ3v) is 4.21. The lowest BCUT2D eigenvalue weighted by atomic mass is 9.88. The predicted molar refractivity (Wildman–Crippen MR) is 91.7 cm³/mol. The number of amides is 2. The number of para-hydroxylation sites is 1. The topological polar surface area (TPSA) is 87.7 Å². The van der Waals surface area contributed by atoms with Gasteiger partial charge in [-0.3, -0.25) is 9.59 Å². The molecule has 2 aromatic rings. The van der Waals surface area contributed by atoms with E-state index in [1.165, 1.54) is 0 Å². The van der Waals surface area contributed by atoms with Gasteiger partial charge in [-0.25, -0.2) is 0 Å². The van der Waals surface area contributed by atoms with Crippen LogP contribution in [0.5, 0.6) is 5.75 Å². The van der Waals surface area contributed by atoms with Crippen molar-refractivity contribution < 1.29 is 19.4 Å². The second-order valence-corrected chi connectivity index (χ2v) is 5.98. The van der Waals surface area contributed by atoms with Crippen molar-refractivity contribution in [3.8, 4) is 5.75 Å². The van der Waals surface area contributed by atoms with Crippen LogP contribution in [0.15, 0.2) is 54.6 Å². The monoisotopic (exact) mass is 340 g/mol. The smallest absolute Gasteiger partial charge is 0.309 e. The molecule has 0 fully saturated rings.